The number of benzene rings is 1. The molecule has 2 rings (SSSR count). The number of hydrogen-bond donors (Lipinski definition) is 2. The van der Waals surface area contributed by atoms with Gasteiger partial charge in [-0.3, -0.25) is 9.89 Å². The molecule has 7 heteroatoms. The highest BCUT2D eigenvalue weighted by atomic mass is 16.5. The van der Waals surface area contributed by atoms with E-state index < -0.39 is 0 Å². The van der Waals surface area contributed by atoms with E-state index in [2.05, 4.69) is 53.6 Å². The zero-order valence-electron chi connectivity index (χ0n) is 18.3. The van der Waals surface area contributed by atoms with Crippen LogP contribution in [0.25, 0.3) is 0 Å². The monoisotopic (exact) mass is 406 g/mol. The molecule has 0 bridgehead atoms. The molecule has 1 aliphatic heterocycles. The highest BCUT2D eigenvalue weighted by molar-refractivity contribution is 5.79. The maximum Gasteiger partial charge on any atom is 0.191 e. The van der Waals surface area contributed by atoms with Crippen molar-refractivity contribution < 1.29 is 14.2 Å². The van der Waals surface area contributed by atoms with Crippen LogP contribution in [-0.2, 0) is 14.2 Å². The largest absolute Gasteiger partial charge is 0.382 e. The summed E-state index contributed by atoms with van der Waals surface area (Å²) in [5.41, 5.74) is 2.60. The van der Waals surface area contributed by atoms with E-state index in [1.807, 2.05) is 0 Å². The molecular weight excluding hydrogens is 368 g/mol. The van der Waals surface area contributed by atoms with Crippen molar-refractivity contribution in [1.82, 2.24) is 15.5 Å². The number of methoxy groups -OCH3 is 1. The third-order valence-electron chi connectivity index (χ3n) is 4.87. The fourth-order valence-corrected chi connectivity index (χ4v) is 3.34. The third kappa shape index (κ3) is 9.12. The van der Waals surface area contributed by atoms with Crippen molar-refractivity contribution in [2.45, 2.75) is 26.3 Å². The van der Waals surface area contributed by atoms with E-state index in [1.54, 1.807) is 7.11 Å². The van der Waals surface area contributed by atoms with Gasteiger partial charge in [-0.1, -0.05) is 29.8 Å². The summed E-state index contributed by atoms with van der Waals surface area (Å²) in [6.07, 6.45) is 0.929. The van der Waals surface area contributed by atoms with Gasteiger partial charge in [0.15, 0.2) is 5.96 Å². The van der Waals surface area contributed by atoms with Gasteiger partial charge in [0.25, 0.3) is 0 Å². The molecule has 1 saturated heterocycles. The van der Waals surface area contributed by atoms with Crippen molar-refractivity contribution in [2.24, 2.45) is 4.99 Å². The van der Waals surface area contributed by atoms with Crippen molar-refractivity contribution in [2.75, 3.05) is 72.9 Å². The maximum absolute atomic E-state index is 5.55. The van der Waals surface area contributed by atoms with Gasteiger partial charge in [-0.05, 0) is 25.8 Å². The van der Waals surface area contributed by atoms with Crippen LogP contribution in [0.5, 0.6) is 0 Å². The molecule has 7 nitrogen and oxygen atoms in total. The SMILES string of the molecule is CCNC(=NCC(c1cccc(C)c1)N1CCOCC1)NCCCOCCOC. The summed E-state index contributed by atoms with van der Waals surface area (Å²) in [7, 11) is 1.69. The van der Waals surface area contributed by atoms with E-state index in [0.29, 0.717) is 19.8 Å². The molecule has 1 fully saturated rings. The average molecular weight is 407 g/mol. The third-order valence-corrected chi connectivity index (χ3v) is 4.87. The number of morpholine rings is 1. The minimum absolute atomic E-state index is 0.256. The van der Waals surface area contributed by atoms with Gasteiger partial charge in [0.2, 0.25) is 0 Å². The summed E-state index contributed by atoms with van der Waals surface area (Å²) in [4.78, 5) is 7.37. The number of aryl methyl sites for hydroxylation is 1. The lowest BCUT2D eigenvalue weighted by Gasteiger charge is -2.34. The molecule has 0 radical (unpaired) electrons. The predicted octanol–water partition coefficient (Wildman–Crippen LogP) is 1.98. The van der Waals surface area contributed by atoms with Crippen LogP contribution in [0.15, 0.2) is 29.3 Å². The number of rotatable bonds is 12. The molecule has 0 saturated carbocycles. The normalized spacial score (nSPS) is 16.6. The Labute approximate surface area is 175 Å². The number of guanidine groups is 1. The van der Waals surface area contributed by atoms with E-state index in [-0.39, 0.29) is 6.04 Å². The Hall–Kier alpha value is -1.67. The highest BCUT2D eigenvalue weighted by Gasteiger charge is 2.22. The van der Waals surface area contributed by atoms with Crippen molar-refractivity contribution in [3.8, 4) is 0 Å². The molecule has 1 aromatic rings. The van der Waals surface area contributed by atoms with Gasteiger partial charge in [-0.2, -0.15) is 0 Å². The molecule has 1 aliphatic rings. The molecule has 2 N–H and O–H groups in total. The topological polar surface area (TPSA) is 67.4 Å². The van der Waals surface area contributed by atoms with E-state index in [9.17, 15) is 0 Å². The first-order valence-corrected chi connectivity index (χ1v) is 10.7. The Bertz CT molecular complexity index is 591. The lowest BCUT2D eigenvalue weighted by Crippen LogP contribution is -2.42. The summed E-state index contributed by atoms with van der Waals surface area (Å²) in [5, 5.41) is 6.77. The number of nitrogens with zero attached hydrogens (tertiary/aromatic N) is 2. The Morgan fingerprint density at radius 1 is 1.21 bits per heavy atom. The number of hydrogen-bond acceptors (Lipinski definition) is 5. The van der Waals surface area contributed by atoms with Crippen molar-refractivity contribution in [3.05, 3.63) is 35.4 Å². The van der Waals surface area contributed by atoms with Crippen LogP contribution < -0.4 is 10.6 Å². The van der Waals surface area contributed by atoms with E-state index >= 15 is 0 Å². The van der Waals surface area contributed by atoms with Gasteiger partial charge in [0, 0.05) is 39.9 Å². The quantitative estimate of drug-likeness (QED) is 0.314. The van der Waals surface area contributed by atoms with Gasteiger partial charge < -0.3 is 24.8 Å². The lowest BCUT2D eigenvalue weighted by molar-refractivity contribution is 0.0179. The fourth-order valence-electron chi connectivity index (χ4n) is 3.34. The second-order valence-corrected chi connectivity index (χ2v) is 7.18. The van der Waals surface area contributed by atoms with E-state index in [4.69, 9.17) is 19.2 Å². The molecule has 29 heavy (non-hydrogen) atoms. The van der Waals surface area contributed by atoms with E-state index in [0.717, 1.165) is 58.4 Å². The van der Waals surface area contributed by atoms with Gasteiger partial charge >= 0.3 is 0 Å². The first-order valence-electron chi connectivity index (χ1n) is 10.7. The van der Waals surface area contributed by atoms with Crippen molar-refractivity contribution in [3.63, 3.8) is 0 Å². The Morgan fingerprint density at radius 3 is 2.76 bits per heavy atom. The Morgan fingerprint density at radius 2 is 2.03 bits per heavy atom. The first kappa shape index (κ1) is 23.6. The van der Waals surface area contributed by atoms with Crippen LogP contribution in [0.2, 0.25) is 0 Å². The lowest BCUT2D eigenvalue weighted by atomic mass is 10.0. The van der Waals surface area contributed by atoms with Crippen LogP contribution in [0.4, 0.5) is 0 Å². The molecule has 1 aromatic carbocycles. The highest BCUT2D eigenvalue weighted by Crippen LogP contribution is 2.23. The zero-order chi connectivity index (χ0) is 20.7. The predicted molar refractivity (Wildman–Crippen MR) is 118 cm³/mol. The summed E-state index contributed by atoms with van der Waals surface area (Å²) >= 11 is 0. The van der Waals surface area contributed by atoms with Crippen LogP contribution in [0, 0.1) is 6.92 Å². The standard InChI is InChI=1S/C22H38N4O3/c1-4-23-22(24-9-6-12-28-16-15-27-3)25-18-21(26-10-13-29-14-11-26)20-8-5-7-19(2)17-20/h5,7-8,17,21H,4,6,9-16,18H2,1-3H3,(H2,23,24,25). The van der Waals surface area contributed by atoms with Gasteiger partial charge in [0.1, 0.15) is 0 Å². The minimum Gasteiger partial charge on any atom is -0.382 e. The Balaban J connectivity index is 1.94. The van der Waals surface area contributed by atoms with Crippen LogP contribution in [0.3, 0.4) is 0 Å². The van der Waals surface area contributed by atoms with E-state index in [1.165, 1.54) is 11.1 Å². The first-order chi connectivity index (χ1) is 14.2. The number of aliphatic imine (C=N–C) groups is 1. The fraction of sp³-hybridized carbons (Fsp3) is 0.682. The maximum atomic E-state index is 5.55. The molecular formula is C22H38N4O3. The number of ether oxygens (including phenoxy) is 3. The molecule has 0 aromatic heterocycles. The molecule has 0 aliphatic carbocycles. The summed E-state index contributed by atoms with van der Waals surface area (Å²) in [6, 6.07) is 9.01. The average Bonchev–Trinajstić information content (AvgIpc) is 2.74. The van der Waals surface area contributed by atoms with Crippen molar-refractivity contribution >= 4 is 5.96 Å². The van der Waals surface area contributed by atoms with Crippen molar-refractivity contribution in [1.29, 1.82) is 0 Å². The number of nitrogens with one attached hydrogen (secondary N) is 2. The van der Waals surface area contributed by atoms with Gasteiger partial charge in [-0.25, -0.2) is 0 Å². The zero-order valence-corrected chi connectivity index (χ0v) is 18.3. The smallest absolute Gasteiger partial charge is 0.191 e. The van der Waals surface area contributed by atoms with Crippen LogP contribution in [-0.4, -0.2) is 83.7 Å². The van der Waals surface area contributed by atoms with Crippen LogP contribution in [0.1, 0.15) is 30.5 Å². The molecule has 0 spiro atoms. The Kier molecular flexibility index (Phi) is 11.7. The van der Waals surface area contributed by atoms with Crippen LogP contribution >= 0.6 is 0 Å². The molecule has 1 heterocycles. The summed E-state index contributed by atoms with van der Waals surface area (Å²) < 4.78 is 16.1. The molecule has 1 atom stereocenters. The van der Waals surface area contributed by atoms with Gasteiger partial charge in [-0.15, -0.1) is 0 Å². The van der Waals surface area contributed by atoms with Gasteiger partial charge in [0.05, 0.1) is 39.0 Å². The minimum atomic E-state index is 0.256. The molecule has 164 valence electrons. The summed E-state index contributed by atoms with van der Waals surface area (Å²) in [6.45, 7) is 12.1. The second-order valence-electron chi connectivity index (χ2n) is 7.18. The molecule has 1 unspecified atom stereocenters. The summed E-state index contributed by atoms with van der Waals surface area (Å²) in [5.74, 6) is 0.857. The second kappa shape index (κ2) is 14.3. The molecule has 0 amide bonds.